The quantitative estimate of drug-likeness (QED) is 0.745. The van der Waals surface area contributed by atoms with E-state index in [1.807, 2.05) is 12.3 Å². The first-order valence-electron chi connectivity index (χ1n) is 5.78. The molecule has 0 fully saturated rings. The van der Waals surface area contributed by atoms with E-state index >= 15 is 0 Å². The molecule has 0 bridgehead atoms. The van der Waals surface area contributed by atoms with Crippen LogP contribution < -0.4 is 5.32 Å². The van der Waals surface area contributed by atoms with Crippen LogP contribution in [0.1, 0.15) is 21.1 Å². The summed E-state index contributed by atoms with van der Waals surface area (Å²) in [7, 11) is 0. The van der Waals surface area contributed by atoms with Crippen LogP contribution >= 0.6 is 11.3 Å². The highest BCUT2D eigenvalue weighted by molar-refractivity contribution is 7.09. The van der Waals surface area contributed by atoms with Gasteiger partial charge in [-0.25, -0.2) is 4.98 Å². The molecular formula is C13H14N2O3S. The maximum Gasteiger partial charge on any atom is 0.255 e. The number of amides is 1. The molecule has 0 aliphatic carbocycles. The molecule has 0 saturated heterocycles. The molecule has 6 heteroatoms. The summed E-state index contributed by atoms with van der Waals surface area (Å²) >= 11 is 1.55. The van der Waals surface area contributed by atoms with Crippen molar-refractivity contribution >= 4 is 17.2 Å². The Bertz CT molecular complexity index is 595. The second-order valence-corrected chi connectivity index (χ2v) is 5.00. The Kier molecular flexibility index (Phi) is 4.01. The summed E-state index contributed by atoms with van der Waals surface area (Å²) in [6.07, 6.45) is 0.643. The number of hydrogen-bond donors (Lipinski definition) is 3. The third kappa shape index (κ3) is 3.23. The summed E-state index contributed by atoms with van der Waals surface area (Å²) in [5.41, 5.74) is 1.03. The molecule has 0 spiro atoms. The van der Waals surface area contributed by atoms with Crippen molar-refractivity contribution in [2.75, 3.05) is 6.54 Å². The van der Waals surface area contributed by atoms with Gasteiger partial charge in [-0.2, -0.15) is 0 Å². The number of benzene rings is 1. The summed E-state index contributed by atoms with van der Waals surface area (Å²) in [6.45, 7) is 2.35. The van der Waals surface area contributed by atoms with Crippen molar-refractivity contribution in [2.24, 2.45) is 0 Å². The first-order chi connectivity index (χ1) is 9.08. The van der Waals surface area contributed by atoms with Gasteiger partial charge in [0.15, 0.2) is 11.5 Å². The fourth-order valence-corrected chi connectivity index (χ4v) is 2.39. The molecule has 5 nitrogen and oxygen atoms in total. The van der Waals surface area contributed by atoms with E-state index in [-0.39, 0.29) is 11.3 Å². The van der Waals surface area contributed by atoms with Crippen molar-refractivity contribution in [3.63, 3.8) is 0 Å². The van der Waals surface area contributed by atoms with Crippen LogP contribution in [0, 0.1) is 6.92 Å². The van der Waals surface area contributed by atoms with E-state index in [1.54, 1.807) is 11.3 Å². The van der Waals surface area contributed by atoms with Crippen molar-refractivity contribution in [2.45, 2.75) is 13.3 Å². The molecule has 100 valence electrons. The molecule has 1 heterocycles. The molecule has 3 N–H and O–H groups in total. The zero-order valence-electron chi connectivity index (χ0n) is 10.4. The Labute approximate surface area is 114 Å². The van der Waals surface area contributed by atoms with Crippen LogP contribution in [0.3, 0.4) is 0 Å². The number of phenols is 2. The Balaban J connectivity index is 1.93. The number of phenolic OH excluding ortho intramolecular Hbond substituents is 2. The number of para-hydroxylation sites is 1. The average Bonchev–Trinajstić information content (AvgIpc) is 2.78. The molecule has 1 aromatic carbocycles. The fourth-order valence-electron chi connectivity index (χ4n) is 1.61. The number of carbonyl (C=O) groups excluding carboxylic acids is 1. The van der Waals surface area contributed by atoms with E-state index in [0.717, 1.165) is 10.7 Å². The fraction of sp³-hybridized carbons (Fsp3) is 0.231. The maximum atomic E-state index is 11.8. The van der Waals surface area contributed by atoms with E-state index in [1.165, 1.54) is 18.2 Å². The predicted octanol–water partition coefficient (Wildman–Crippen LogP) is 1.84. The van der Waals surface area contributed by atoms with Gasteiger partial charge in [-0.15, -0.1) is 11.3 Å². The summed E-state index contributed by atoms with van der Waals surface area (Å²) in [5.74, 6) is -1.12. The Morgan fingerprint density at radius 2 is 2.21 bits per heavy atom. The highest BCUT2D eigenvalue weighted by Gasteiger charge is 2.13. The third-order valence-electron chi connectivity index (χ3n) is 2.55. The van der Waals surface area contributed by atoms with Gasteiger partial charge >= 0.3 is 0 Å². The van der Waals surface area contributed by atoms with Gasteiger partial charge in [0, 0.05) is 24.0 Å². The predicted molar refractivity (Wildman–Crippen MR) is 72.7 cm³/mol. The zero-order chi connectivity index (χ0) is 13.8. The van der Waals surface area contributed by atoms with Gasteiger partial charge in [0.05, 0.1) is 10.6 Å². The van der Waals surface area contributed by atoms with Crippen molar-refractivity contribution in [3.8, 4) is 11.5 Å². The minimum absolute atomic E-state index is 0.0651. The summed E-state index contributed by atoms with van der Waals surface area (Å²) in [6, 6.07) is 4.29. The number of rotatable bonds is 4. The van der Waals surface area contributed by atoms with Gasteiger partial charge in [0.25, 0.3) is 5.91 Å². The smallest absolute Gasteiger partial charge is 0.255 e. The van der Waals surface area contributed by atoms with Gasteiger partial charge in [-0.1, -0.05) is 6.07 Å². The zero-order valence-corrected chi connectivity index (χ0v) is 11.2. The molecule has 0 unspecified atom stereocenters. The van der Waals surface area contributed by atoms with Gasteiger partial charge in [-0.3, -0.25) is 4.79 Å². The van der Waals surface area contributed by atoms with Crippen molar-refractivity contribution in [3.05, 3.63) is 39.8 Å². The van der Waals surface area contributed by atoms with Gasteiger partial charge < -0.3 is 15.5 Å². The first-order valence-corrected chi connectivity index (χ1v) is 6.66. The molecule has 19 heavy (non-hydrogen) atoms. The van der Waals surface area contributed by atoms with Gasteiger partial charge in [-0.05, 0) is 19.1 Å². The van der Waals surface area contributed by atoms with E-state index in [2.05, 4.69) is 10.3 Å². The molecule has 1 aromatic heterocycles. The van der Waals surface area contributed by atoms with Gasteiger partial charge in [0.2, 0.25) is 0 Å². The Hall–Kier alpha value is -2.08. The number of hydrogen-bond acceptors (Lipinski definition) is 5. The Morgan fingerprint density at radius 1 is 1.42 bits per heavy atom. The van der Waals surface area contributed by atoms with Crippen LogP contribution in [0.5, 0.6) is 11.5 Å². The number of nitrogens with zero attached hydrogens (tertiary/aromatic N) is 1. The summed E-state index contributed by atoms with van der Waals surface area (Å²) in [5, 5.41) is 24.5. The lowest BCUT2D eigenvalue weighted by Gasteiger charge is -2.06. The minimum Gasteiger partial charge on any atom is -0.504 e. The SMILES string of the molecule is Cc1csc(CCNC(=O)c2cccc(O)c2O)n1. The number of aromatic nitrogens is 1. The number of aryl methyl sites for hydroxylation is 1. The maximum absolute atomic E-state index is 11.8. The molecule has 0 atom stereocenters. The molecule has 0 aliphatic rings. The van der Waals surface area contributed by atoms with Crippen LogP contribution in [-0.4, -0.2) is 27.6 Å². The monoisotopic (exact) mass is 278 g/mol. The lowest BCUT2D eigenvalue weighted by atomic mass is 10.1. The number of carbonyl (C=O) groups is 1. The lowest BCUT2D eigenvalue weighted by molar-refractivity contribution is 0.0951. The largest absolute Gasteiger partial charge is 0.504 e. The van der Waals surface area contributed by atoms with Crippen molar-refractivity contribution in [1.82, 2.24) is 10.3 Å². The van der Waals surface area contributed by atoms with E-state index in [4.69, 9.17) is 0 Å². The molecule has 0 radical (unpaired) electrons. The molecular weight excluding hydrogens is 264 g/mol. The van der Waals surface area contributed by atoms with E-state index in [9.17, 15) is 15.0 Å². The van der Waals surface area contributed by atoms with Crippen LogP contribution in [0.4, 0.5) is 0 Å². The van der Waals surface area contributed by atoms with Crippen LogP contribution in [0.25, 0.3) is 0 Å². The van der Waals surface area contributed by atoms with Crippen LogP contribution in [0.2, 0.25) is 0 Å². The van der Waals surface area contributed by atoms with Crippen LogP contribution in [0.15, 0.2) is 23.6 Å². The molecule has 0 aliphatic heterocycles. The highest BCUT2D eigenvalue weighted by atomic mass is 32.1. The molecule has 1 amide bonds. The van der Waals surface area contributed by atoms with E-state index in [0.29, 0.717) is 13.0 Å². The minimum atomic E-state index is -0.415. The van der Waals surface area contributed by atoms with E-state index < -0.39 is 11.7 Å². The highest BCUT2D eigenvalue weighted by Crippen LogP contribution is 2.27. The number of nitrogens with one attached hydrogen (secondary N) is 1. The van der Waals surface area contributed by atoms with Gasteiger partial charge in [0.1, 0.15) is 0 Å². The van der Waals surface area contributed by atoms with Crippen molar-refractivity contribution in [1.29, 1.82) is 0 Å². The normalized spacial score (nSPS) is 10.4. The first kappa shape index (κ1) is 13.4. The summed E-state index contributed by atoms with van der Waals surface area (Å²) < 4.78 is 0. The topological polar surface area (TPSA) is 82.5 Å². The Morgan fingerprint density at radius 3 is 2.89 bits per heavy atom. The standard InChI is InChI=1S/C13H14N2O3S/c1-8-7-19-11(15-8)5-6-14-13(18)9-3-2-4-10(16)12(9)17/h2-4,7,16-17H,5-6H2,1H3,(H,14,18). The molecule has 2 aromatic rings. The number of thiazole rings is 1. The van der Waals surface area contributed by atoms with Crippen molar-refractivity contribution < 1.29 is 15.0 Å². The third-order valence-corrected chi connectivity index (χ3v) is 3.58. The molecule has 2 rings (SSSR count). The lowest BCUT2D eigenvalue weighted by Crippen LogP contribution is -2.25. The second kappa shape index (κ2) is 5.71. The summed E-state index contributed by atoms with van der Waals surface area (Å²) in [4.78, 5) is 16.1. The average molecular weight is 278 g/mol. The van der Waals surface area contributed by atoms with Crippen LogP contribution in [-0.2, 0) is 6.42 Å². The number of aromatic hydroxyl groups is 2. The molecule has 0 saturated carbocycles. The second-order valence-electron chi connectivity index (χ2n) is 4.06.